The molecule has 0 saturated heterocycles. The zero-order valence-electron chi connectivity index (χ0n) is 18.2. The molecule has 2 rings (SSSR count). The number of carbonyl (C=O) groups excluding carboxylic acids is 2. The summed E-state index contributed by atoms with van der Waals surface area (Å²) in [6, 6.07) is 0. The normalized spacial score (nSPS) is 30.9. The van der Waals surface area contributed by atoms with E-state index in [9.17, 15) is 9.59 Å². The zero-order chi connectivity index (χ0) is 20.5. The average Bonchev–Trinajstić information content (AvgIpc) is 2.58. The molecule has 0 N–H and O–H groups in total. The molecule has 4 heteroatoms. The standard InChI is InChI=1S/C23H36O3Si/c1-17(2)19-9-13-23(14-15-27(5,6)7)12-8-18(24)16-20(23)22(19,3)11-10-21(25)26-4/h16-17,19H,8-13H2,1-7H3/t19-,22-,23+/m0/s1. The quantitative estimate of drug-likeness (QED) is 0.379. The van der Waals surface area contributed by atoms with Crippen LogP contribution in [0.4, 0.5) is 0 Å². The predicted octanol–water partition coefficient (Wildman–Crippen LogP) is 5.17. The molecule has 0 heterocycles. The summed E-state index contributed by atoms with van der Waals surface area (Å²) in [6.07, 6.45) is 6.55. The number of fused-ring (bicyclic) bond motifs is 1. The third kappa shape index (κ3) is 4.74. The highest BCUT2D eigenvalue weighted by Gasteiger charge is 2.53. The number of hydrogen-bond acceptors (Lipinski definition) is 3. The molecule has 0 amide bonds. The van der Waals surface area contributed by atoms with Crippen LogP contribution in [0.5, 0.6) is 0 Å². The van der Waals surface area contributed by atoms with Gasteiger partial charge in [0.05, 0.1) is 12.5 Å². The minimum absolute atomic E-state index is 0.175. The predicted molar refractivity (Wildman–Crippen MR) is 113 cm³/mol. The maximum absolute atomic E-state index is 12.4. The number of esters is 1. The van der Waals surface area contributed by atoms with Crippen molar-refractivity contribution in [3.05, 3.63) is 11.6 Å². The van der Waals surface area contributed by atoms with Crippen molar-refractivity contribution in [3.63, 3.8) is 0 Å². The highest BCUT2D eigenvalue weighted by atomic mass is 28.3. The number of methoxy groups -OCH3 is 1. The lowest BCUT2D eigenvalue weighted by atomic mass is 9.49. The van der Waals surface area contributed by atoms with Crippen molar-refractivity contribution < 1.29 is 14.3 Å². The van der Waals surface area contributed by atoms with Crippen molar-refractivity contribution in [1.29, 1.82) is 0 Å². The Balaban J connectivity index is 2.55. The van der Waals surface area contributed by atoms with E-state index < -0.39 is 8.07 Å². The van der Waals surface area contributed by atoms with E-state index in [-0.39, 0.29) is 22.6 Å². The van der Waals surface area contributed by atoms with E-state index in [1.165, 1.54) is 12.7 Å². The van der Waals surface area contributed by atoms with Crippen LogP contribution < -0.4 is 0 Å². The Morgan fingerprint density at radius 3 is 2.56 bits per heavy atom. The molecule has 2 aliphatic rings. The Kier molecular flexibility index (Phi) is 6.47. The molecule has 3 nitrogen and oxygen atoms in total. The lowest BCUT2D eigenvalue weighted by Crippen LogP contribution is -2.47. The Hall–Kier alpha value is -1.34. The molecular weight excluding hydrogens is 352 g/mol. The van der Waals surface area contributed by atoms with Crippen LogP contribution in [0.3, 0.4) is 0 Å². The maximum Gasteiger partial charge on any atom is 0.305 e. The molecule has 0 bridgehead atoms. The fourth-order valence-corrected chi connectivity index (χ4v) is 5.70. The lowest BCUT2D eigenvalue weighted by Gasteiger charge is -2.54. The van der Waals surface area contributed by atoms with Crippen LogP contribution in [-0.4, -0.2) is 26.9 Å². The van der Waals surface area contributed by atoms with Crippen LogP contribution in [0.2, 0.25) is 19.6 Å². The fourth-order valence-electron chi connectivity index (χ4n) is 5.09. The van der Waals surface area contributed by atoms with Gasteiger partial charge in [0.2, 0.25) is 0 Å². The van der Waals surface area contributed by atoms with Crippen molar-refractivity contribution in [1.82, 2.24) is 0 Å². The van der Waals surface area contributed by atoms with Crippen LogP contribution in [0, 0.1) is 34.1 Å². The summed E-state index contributed by atoms with van der Waals surface area (Å²) in [6.45, 7) is 13.6. The molecule has 0 aromatic carbocycles. The van der Waals surface area contributed by atoms with Gasteiger partial charge in [-0.15, -0.1) is 5.54 Å². The maximum atomic E-state index is 12.4. The van der Waals surface area contributed by atoms with Gasteiger partial charge in [-0.2, -0.15) is 0 Å². The molecule has 2 aliphatic carbocycles. The SMILES string of the molecule is COC(=O)CC[C@]1(C)C2=CC(=O)CC[C@]2(C#C[Si](C)(C)C)CC[C@H]1C(C)C. The van der Waals surface area contributed by atoms with Gasteiger partial charge < -0.3 is 4.74 Å². The Bertz CT molecular complexity index is 689. The van der Waals surface area contributed by atoms with Gasteiger partial charge in [-0.25, -0.2) is 0 Å². The van der Waals surface area contributed by atoms with Gasteiger partial charge in [-0.1, -0.05) is 46.3 Å². The topological polar surface area (TPSA) is 43.4 Å². The van der Waals surface area contributed by atoms with Gasteiger partial charge >= 0.3 is 5.97 Å². The Morgan fingerprint density at radius 2 is 2.00 bits per heavy atom. The zero-order valence-corrected chi connectivity index (χ0v) is 19.2. The number of allylic oxidation sites excluding steroid dienone is 2. The Morgan fingerprint density at radius 1 is 1.33 bits per heavy atom. The summed E-state index contributed by atoms with van der Waals surface area (Å²) in [5.41, 5.74) is 4.42. The van der Waals surface area contributed by atoms with E-state index >= 15 is 0 Å². The second-order valence-corrected chi connectivity index (χ2v) is 14.7. The van der Waals surface area contributed by atoms with E-state index in [2.05, 4.69) is 51.9 Å². The first-order chi connectivity index (χ1) is 12.4. The van der Waals surface area contributed by atoms with Crippen molar-refractivity contribution >= 4 is 19.8 Å². The summed E-state index contributed by atoms with van der Waals surface area (Å²) in [7, 11) is -0.0714. The number of ketones is 1. The van der Waals surface area contributed by atoms with Gasteiger partial charge in [0.25, 0.3) is 0 Å². The molecule has 0 spiro atoms. The lowest BCUT2D eigenvalue weighted by molar-refractivity contribution is -0.141. The van der Waals surface area contributed by atoms with Gasteiger partial charge in [0.1, 0.15) is 8.07 Å². The summed E-state index contributed by atoms with van der Waals surface area (Å²) < 4.78 is 4.91. The third-order valence-electron chi connectivity index (χ3n) is 6.49. The second-order valence-electron chi connectivity index (χ2n) is 9.99. The van der Waals surface area contributed by atoms with Crippen molar-refractivity contribution in [3.8, 4) is 11.5 Å². The third-order valence-corrected chi connectivity index (χ3v) is 7.37. The molecule has 1 saturated carbocycles. The minimum Gasteiger partial charge on any atom is -0.469 e. The number of rotatable bonds is 4. The summed E-state index contributed by atoms with van der Waals surface area (Å²) in [4.78, 5) is 24.3. The van der Waals surface area contributed by atoms with E-state index in [4.69, 9.17) is 4.74 Å². The first kappa shape index (κ1) is 22.0. The molecule has 1 fully saturated rings. The number of carbonyl (C=O) groups is 2. The van der Waals surface area contributed by atoms with Gasteiger partial charge in [0.15, 0.2) is 5.78 Å². The van der Waals surface area contributed by atoms with Crippen LogP contribution in [0.25, 0.3) is 0 Å². The monoisotopic (exact) mass is 388 g/mol. The number of ether oxygens (including phenoxy) is 1. The van der Waals surface area contributed by atoms with Crippen LogP contribution >= 0.6 is 0 Å². The minimum atomic E-state index is -1.51. The van der Waals surface area contributed by atoms with Crippen molar-refractivity contribution in [2.24, 2.45) is 22.7 Å². The molecule has 0 aliphatic heterocycles. The molecule has 0 radical (unpaired) electrons. The average molecular weight is 389 g/mol. The van der Waals surface area contributed by atoms with E-state index in [0.29, 0.717) is 24.7 Å². The van der Waals surface area contributed by atoms with E-state index in [1.807, 2.05) is 6.08 Å². The fraction of sp³-hybridized carbons (Fsp3) is 0.739. The molecule has 0 aromatic heterocycles. The molecular formula is C23H36O3Si. The second kappa shape index (κ2) is 7.95. The molecule has 0 unspecified atom stereocenters. The summed E-state index contributed by atoms with van der Waals surface area (Å²) >= 11 is 0. The van der Waals surface area contributed by atoms with Gasteiger partial charge in [-0.3, -0.25) is 9.59 Å². The highest BCUT2D eigenvalue weighted by Crippen LogP contribution is 2.60. The van der Waals surface area contributed by atoms with Crippen LogP contribution in [0.15, 0.2) is 11.6 Å². The smallest absolute Gasteiger partial charge is 0.305 e. The van der Waals surface area contributed by atoms with E-state index in [0.717, 1.165) is 25.7 Å². The highest BCUT2D eigenvalue weighted by molar-refractivity contribution is 6.83. The van der Waals surface area contributed by atoms with Crippen molar-refractivity contribution in [2.75, 3.05) is 7.11 Å². The van der Waals surface area contributed by atoms with E-state index in [1.54, 1.807) is 0 Å². The first-order valence-electron chi connectivity index (χ1n) is 10.3. The number of hydrogen-bond donors (Lipinski definition) is 0. The van der Waals surface area contributed by atoms with Crippen LogP contribution in [-0.2, 0) is 14.3 Å². The summed E-state index contributed by atoms with van der Waals surface area (Å²) in [5.74, 6) is 4.67. The first-order valence-corrected chi connectivity index (χ1v) is 13.8. The van der Waals surface area contributed by atoms with Crippen molar-refractivity contribution in [2.45, 2.75) is 78.9 Å². The Labute approximate surface area is 166 Å². The largest absolute Gasteiger partial charge is 0.469 e. The molecule has 3 atom stereocenters. The molecule has 0 aromatic rings. The molecule has 150 valence electrons. The van der Waals surface area contributed by atoms with Gasteiger partial charge in [-0.05, 0) is 54.6 Å². The van der Waals surface area contributed by atoms with Crippen LogP contribution in [0.1, 0.15) is 59.3 Å². The summed E-state index contributed by atoms with van der Waals surface area (Å²) in [5, 5.41) is 0. The molecule has 27 heavy (non-hydrogen) atoms. The van der Waals surface area contributed by atoms with Gasteiger partial charge in [0, 0.05) is 12.8 Å².